The van der Waals surface area contributed by atoms with Crippen molar-refractivity contribution in [2.45, 2.75) is 198 Å². The highest BCUT2D eigenvalue weighted by Gasteiger charge is 2.61. The fourth-order valence-electron chi connectivity index (χ4n) is 16.3. The molecule has 6 heteroatoms. The number of hydrogen-bond acceptors (Lipinski definition) is 6. The van der Waals surface area contributed by atoms with Crippen LogP contribution in [0.15, 0.2) is 36.4 Å². The highest BCUT2D eigenvalue weighted by molar-refractivity contribution is 8.00. The smallest absolute Gasteiger partial charge is 0.0991 e. The van der Waals surface area contributed by atoms with Crippen LogP contribution in [0, 0.1) is 46.3 Å². The minimum Gasteiger partial charge on any atom is -0.292 e. The van der Waals surface area contributed by atoms with Gasteiger partial charge in [0.15, 0.2) is 0 Å². The van der Waals surface area contributed by atoms with Crippen LogP contribution in [0.5, 0.6) is 0 Å². The molecular weight excluding hydrogens is 721 g/mol. The highest BCUT2D eigenvalue weighted by Crippen LogP contribution is 2.61. The van der Waals surface area contributed by atoms with E-state index in [1.165, 1.54) is 140 Å². The monoisotopic (exact) mass is 782 g/mol. The van der Waals surface area contributed by atoms with Crippen LogP contribution in [0.4, 0.5) is 0 Å². The lowest BCUT2D eigenvalue weighted by Crippen LogP contribution is -2.59. The largest absolute Gasteiger partial charge is 0.292 e. The SMILES string of the molecule is N#Cc1cc(-c2cc(C#N)cc(C3CCC4C(C3)C3CCCC5SC6CCCCC6N4C53)c2)cc(C2CCC3C(C2)C2CCCC4SC5CCCCC5N3C42)c1. The van der Waals surface area contributed by atoms with Crippen molar-refractivity contribution in [3.63, 3.8) is 0 Å². The van der Waals surface area contributed by atoms with E-state index in [2.05, 4.69) is 81.9 Å². The zero-order valence-electron chi connectivity index (χ0n) is 33.4. The van der Waals surface area contributed by atoms with E-state index in [1.54, 1.807) is 0 Å². The number of hydrogen-bond donors (Lipinski definition) is 0. The molecule has 4 heterocycles. The molecule has 0 radical (unpaired) electrons. The Hall–Kier alpha value is -1.96. The second-order valence-electron chi connectivity index (χ2n) is 20.6. The van der Waals surface area contributed by atoms with Crippen LogP contribution in [0.25, 0.3) is 11.1 Å². The number of benzene rings is 2. The Balaban J connectivity index is 0.825. The van der Waals surface area contributed by atoms with Crippen LogP contribution < -0.4 is 0 Å². The molecule has 0 aromatic heterocycles. The van der Waals surface area contributed by atoms with Crippen molar-refractivity contribution in [1.82, 2.24) is 9.80 Å². The van der Waals surface area contributed by atoms with E-state index in [4.69, 9.17) is 0 Å². The van der Waals surface area contributed by atoms with Gasteiger partial charge >= 0.3 is 0 Å². The van der Waals surface area contributed by atoms with Crippen molar-refractivity contribution in [2.24, 2.45) is 23.7 Å². The zero-order chi connectivity index (χ0) is 37.1. The summed E-state index contributed by atoms with van der Waals surface area (Å²) in [5.74, 6) is 4.38. The van der Waals surface area contributed by atoms with Crippen LogP contribution in [-0.2, 0) is 0 Å². The van der Waals surface area contributed by atoms with Gasteiger partial charge in [0.25, 0.3) is 0 Å². The maximum atomic E-state index is 10.4. The average molecular weight is 783 g/mol. The van der Waals surface area contributed by atoms with Crippen molar-refractivity contribution < 1.29 is 0 Å². The third-order valence-corrected chi connectivity index (χ3v) is 21.7. The molecule has 0 spiro atoms. The molecule has 56 heavy (non-hydrogen) atoms. The summed E-state index contributed by atoms with van der Waals surface area (Å²) in [6.45, 7) is 0. The molecule has 6 saturated carbocycles. The second kappa shape index (κ2) is 14.4. The van der Waals surface area contributed by atoms with Crippen molar-refractivity contribution >= 4 is 23.5 Å². The van der Waals surface area contributed by atoms with Crippen molar-refractivity contribution in [3.8, 4) is 23.3 Å². The molecule has 2 aromatic carbocycles. The van der Waals surface area contributed by atoms with E-state index < -0.39 is 0 Å². The molecule has 12 rings (SSSR count). The molecule has 0 N–H and O–H groups in total. The van der Waals surface area contributed by atoms with Crippen LogP contribution in [0.1, 0.15) is 163 Å². The van der Waals surface area contributed by atoms with E-state index in [0.717, 1.165) is 103 Å². The van der Waals surface area contributed by atoms with Crippen molar-refractivity contribution in [2.75, 3.05) is 0 Å². The first kappa shape index (κ1) is 35.9. The Kier molecular flexibility index (Phi) is 9.21. The molecule has 6 aliphatic carbocycles. The fraction of sp³-hybridized carbons (Fsp3) is 0.720. The van der Waals surface area contributed by atoms with Gasteiger partial charge in [-0.15, -0.1) is 0 Å². The lowest BCUT2D eigenvalue weighted by atomic mass is 9.68. The Morgan fingerprint density at radius 1 is 0.429 bits per heavy atom. The molecule has 294 valence electrons. The lowest BCUT2D eigenvalue weighted by Gasteiger charge is -2.53. The first-order chi connectivity index (χ1) is 27.6. The number of nitrogens with zero attached hydrogens (tertiary/aromatic N) is 4. The number of fused-ring (bicyclic) bond motifs is 10. The lowest BCUT2D eigenvalue weighted by molar-refractivity contribution is 0.0606. The molecule has 4 aliphatic heterocycles. The minimum atomic E-state index is 0.524. The third-order valence-electron chi connectivity index (χ3n) is 18.2. The first-order valence-electron chi connectivity index (χ1n) is 23.6. The molecule has 0 amide bonds. The molecule has 16 atom stereocenters. The zero-order valence-corrected chi connectivity index (χ0v) is 35.1. The first-order valence-corrected chi connectivity index (χ1v) is 25.5. The van der Waals surface area contributed by atoms with Gasteiger partial charge in [-0.2, -0.15) is 34.0 Å². The topological polar surface area (TPSA) is 54.1 Å². The maximum absolute atomic E-state index is 10.4. The molecular formula is C50H62N4S2. The molecule has 10 fully saturated rings. The molecule has 10 aliphatic rings. The van der Waals surface area contributed by atoms with E-state index in [-0.39, 0.29) is 0 Å². The quantitative estimate of drug-likeness (QED) is 0.309. The molecule has 16 unspecified atom stereocenters. The Labute approximate surface area is 345 Å². The summed E-state index contributed by atoms with van der Waals surface area (Å²) in [5, 5.41) is 24.3. The Morgan fingerprint density at radius 2 is 0.875 bits per heavy atom. The van der Waals surface area contributed by atoms with Gasteiger partial charge in [0, 0.05) is 57.3 Å². The van der Waals surface area contributed by atoms with Gasteiger partial charge in [-0.3, -0.25) is 9.80 Å². The summed E-state index contributed by atoms with van der Waals surface area (Å²) >= 11 is 4.84. The standard InChI is InChI=1S/C50H62N4S2/c51-27-29-19-33(31-15-17-41-39(25-31)37-7-5-13-47-49(37)53(41)43-9-1-3-11-45(43)55-47)23-35(21-29)36-22-30(28-52)20-34(24-36)32-16-18-42-40(26-32)38-8-6-14-48-50(38)54(42)44-10-2-4-12-46(44)56-48/h19-24,31-32,37-50H,1-18,25-26H2. The van der Waals surface area contributed by atoms with E-state index in [9.17, 15) is 10.5 Å². The minimum absolute atomic E-state index is 0.524. The highest BCUT2D eigenvalue weighted by atomic mass is 32.2. The fourth-order valence-corrected chi connectivity index (χ4v) is 20.3. The summed E-state index contributed by atoms with van der Waals surface area (Å²) in [6.07, 6.45) is 27.8. The Bertz CT molecular complexity index is 1790. The Morgan fingerprint density at radius 3 is 1.34 bits per heavy atom. The van der Waals surface area contributed by atoms with Gasteiger partial charge in [0.05, 0.1) is 23.3 Å². The third kappa shape index (κ3) is 5.71. The second-order valence-corrected chi connectivity index (χ2v) is 23.6. The number of nitriles is 2. The van der Waals surface area contributed by atoms with E-state index >= 15 is 0 Å². The maximum Gasteiger partial charge on any atom is 0.0991 e. The predicted molar refractivity (Wildman–Crippen MR) is 230 cm³/mol. The van der Waals surface area contributed by atoms with Crippen molar-refractivity contribution in [3.05, 3.63) is 58.7 Å². The van der Waals surface area contributed by atoms with Crippen LogP contribution in [-0.4, -0.2) is 67.1 Å². The van der Waals surface area contributed by atoms with E-state index in [0.29, 0.717) is 11.8 Å². The van der Waals surface area contributed by atoms with Crippen LogP contribution >= 0.6 is 23.5 Å². The van der Waals surface area contributed by atoms with Crippen LogP contribution in [0.3, 0.4) is 0 Å². The van der Waals surface area contributed by atoms with Gasteiger partial charge in [0.1, 0.15) is 0 Å². The van der Waals surface area contributed by atoms with Gasteiger partial charge in [-0.25, -0.2) is 0 Å². The average Bonchev–Trinajstić information content (AvgIpc) is 3.78. The normalized spacial score (nSPS) is 45.2. The molecule has 2 aromatic rings. The van der Waals surface area contributed by atoms with Gasteiger partial charge < -0.3 is 0 Å². The van der Waals surface area contributed by atoms with Crippen molar-refractivity contribution in [1.29, 1.82) is 10.5 Å². The summed E-state index contributed by atoms with van der Waals surface area (Å²) in [6, 6.07) is 23.7. The van der Waals surface area contributed by atoms with Crippen LogP contribution in [0.2, 0.25) is 0 Å². The molecule has 0 bridgehead atoms. The van der Waals surface area contributed by atoms with E-state index in [1.807, 2.05) is 0 Å². The summed E-state index contributed by atoms with van der Waals surface area (Å²) < 4.78 is 0. The van der Waals surface area contributed by atoms with Gasteiger partial charge in [0.2, 0.25) is 0 Å². The van der Waals surface area contributed by atoms with Gasteiger partial charge in [-0.05, 0) is 172 Å². The molecule has 4 nitrogen and oxygen atoms in total. The summed E-state index contributed by atoms with van der Waals surface area (Å²) in [5.41, 5.74) is 6.67. The number of thioether (sulfide) groups is 2. The van der Waals surface area contributed by atoms with Gasteiger partial charge in [-0.1, -0.05) is 50.7 Å². The molecule has 4 saturated heterocycles. The summed E-state index contributed by atoms with van der Waals surface area (Å²) in [7, 11) is 0. The number of rotatable bonds is 3. The summed E-state index contributed by atoms with van der Waals surface area (Å²) in [4.78, 5) is 6.34. The predicted octanol–water partition coefficient (Wildman–Crippen LogP) is 11.4.